The molecule has 6 nitrogen and oxygen atoms in total. The lowest BCUT2D eigenvalue weighted by Crippen LogP contribution is -2.58. The Labute approximate surface area is 120 Å². The van der Waals surface area contributed by atoms with E-state index in [1.807, 2.05) is 34.6 Å². The molecule has 0 radical (unpaired) electrons. The van der Waals surface area contributed by atoms with Gasteiger partial charge in [0.2, 0.25) is 0 Å². The molecule has 0 aliphatic carbocycles. The minimum absolute atomic E-state index is 0.0589. The first kappa shape index (κ1) is 16.8. The summed E-state index contributed by atoms with van der Waals surface area (Å²) in [7, 11) is 0. The van der Waals surface area contributed by atoms with E-state index in [-0.39, 0.29) is 18.1 Å². The predicted octanol–water partition coefficient (Wildman–Crippen LogP) is 1.69. The molecule has 2 N–H and O–H groups in total. The number of amides is 2. The van der Waals surface area contributed by atoms with Gasteiger partial charge in [-0.3, -0.25) is 0 Å². The lowest BCUT2D eigenvalue weighted by atomic mass is 9.99. The summed E-state index contributed by atoms with van der Waals surface area (Å²) in [6.45, 7) is 10.4. The van der Waals surface area contributed by atoms with Crippen molar-refractivity contribution in [3.05, 3.63) is 0 Å². The number of carboxylic acids is 1. The lowest BCUT2D eigenvalue weighted by molar-refractivity contribution is -0.140. The first-order valence-electron chi connectivity index (χ1n) is 7.12. The number of ether oxygens (including phenoxy) is 1. The molecule has 1 heterocycles. The van der Waals surface area contributed by atoms with Gasteiger partial charge in [-0.05, 0) is 26.7 Å². The van der Waals surface area contributed by atoms with Crippen molar-refractivity contribution in [3.63, 3.8) is 0 Å². The van der Waals surface area contributed by atoms with Crippen molar-refractivity contribution in [1.82, 2.24) is 10.2 Å². The third-order valence-electron chi connectivity index (χ3n) is 3.61. The average Bonchev–Trinajstić information content (AvgIpc) is 2.31. The molecule has 2 amide bonds. The van der Waals surface area contributed by atoms with Crippen molar-refractivity contribution >= 4 is 12.0 Å². The molecule has 116 valence electrons. The molecule has 6 heteroatoms. The van der Waals surface area contributed by atoms with Gasteiger partial charge in [-0.1, -0.05) is 20.3 Å². The van der Waals surface area contributed by atoms with Gasteiger partial charge < -0.3 is 20.1 Å². The first-order valence-corrected chi connectivity index (χ1v) is 7.12. The summed E-state index contributed by atoms with van der Waals surface area (Å²) >= 11 is 0. The molecular formula is C14H26N2O4. The van der Waals surface area contributed by atoms with Crippen LogP contribution in [-0.2, 0) is 9.53 Å². The molecule has 2 unspecified atom stereocenters. The van der Waals surface area contributed by atoms with Crippen LogP contribution in [0.15, 0.2) is 0 Å². The van der Waals surface area contributed by atoms with E-state index in [9.17, 15) is 14.7 Å². The number of hydrogen-bond donors (Lipinski definition) is 2. The molecular weight excluding hydrogens is 260 g/mol. The predicted molar refractivity (Wildman–Crippen MR) is 75.6 cm³/mol. The molecule has 3 atom stereocenters. The lowest BCUT2D eigenvalue weighted by Gasteiger charge is -2.42. The van der Waals surface area contributed by atoms with Gasteiger partial charge in [0.25, 0.3) is 0 Å². The molecule has 0 aromatic rings. The van der Waals surface area contributed by atoms with Crippen LogP contribution >= 0.6 is 0 Å². The van der Waals surface area contributed by atoms with Crippen LogP contribution in [0.4, 0.5) is 4.79 Å². The molecule has 0 bridgehead atoms. The Morgan fingerprint density at radius 2 is 2.10 bits per heavy atom. The number of hydrogen-bond acceptors (Lipinski definition) is 3. The number of morpholine rings is 1. The number of carbonyl (C=O) groups excluding carboxylic acids is 1. The number of carbonyl (C=O) groups is 2. The van der Waals surface area contributed by atoms with Gasteiger partial charge >= 0.3 is 12.0 Å². The number of rotatable bonds is 4. The normalized spacial score (nSPS) is 24.9. The Kier molecular flexibility index (Phi) is 5.39. The van der Waals surface area contributed by atoms with Crippen molar-refractivity contribution in [2.24, 2.45) is 5.92 Å². The molecule has 0 spiro atoms. The third kappa shape index (κ3) is 4.37. The SMILES string of the molecule is CCC(C)[C@H](NC(=O)N1CC(C)OC(C)(C)C1)C(=O)O. The highest BCUT2D eigenvalue weighted by atomic mass is 16.5. The topological polar surface area (TPSA) is 78.9 Å². The Balaban J connectivity index is 2.71. The van der Waals surface area contributed by atoms with Crippen molar-refractivity contribution in [2.75, 3.05) is 13.1 Å². The Hall–Kier alpha value is -1.30. The summed E-state index contributed by atoms with van der Waals surface area (Å²) in [6, 6.07) is -1.19. The van der Waals surface area contributed by atoms with Gasteiger partial charge in [-0.15, -0.1) is 0 Å². The Morgan fingerprint density at radius 1 is 1.50 bits per heavy atom. The first-order chi connectivity index (χ1) is 9.16. The molecule has 20 heavy (non-hydrogen) atoms. The number of carboxylic acid groups (broad SMARTS) is 1. The molecule has 1 saturated heterocycles. The van der Waals surface area contributed by atoms with Crippen molar-refractivity contribution in [1.29, 1.82) is 0 Å². The second kappa shape index (κ2) is 6.43. The van der Waals surface area contributed by atoms with E-state index in [0.717, 1.165) is 0 Å². The molecule has 1 aliphatic rings. The maximum atomic E-state index is 12.3. The van der Waals surface area contributed by atoms with E-state index in [2.05, 4.69) is 5.32 Å². The van der Waals surface area contributed by atoms with Gasteiger partial charge in [-0.25, -0.2) is 9.59 Å². The highest BCUT2D eigenvalue weighted by Gasteiger charge is 2.35. The van der Waals surface area contributed by atoms with Crippen LogP contribution in [0.25, 0.3) is 0 Å². The van der Waals surface area contributed by atoms with Crippen LogP contribution in [0.5, 0.6) is 0 Å². The van der Waals surface area contributed by atoms with Crippen LogP contribution in [0.3, 0.4) is 0 Å². The number of nitrogens with zero attached hydrogens (tertiary/aromatic N) is 1. The molecule has 0 aromatic heterocycles. The maximum absolute atomic E-state index is 12.3. The van der Waals surface area contributed by atoms with Crippen LogP contribution in [0.2, 0.25) is 0 Å². The number of nitrogens with one attached hydrogen (secondary N) is 1. The highest BCUT2D eigenvalue weighted by molar-refractivity contribution is 5.82. The van der Waals surface area contributed by atoms with Crippen molar-refractivity contribution in [3.8, 4) is 0 Å². The smallest absolute Gasteiger partial charge is 0.326 e. The molecule has 1 rings (SSSR count). The zero-order valence-corrected chi connectivity index (χ0v) is 13.0. The van der Waals surface area contributed by atoms with E-state index in [1.54, 1.807) is 4.90 Å². The molecule has 1 aliphatic heterocycles. The minimum atomic E-state index is -0.992. The summed E-state index contributed by atoms with van der Waals surface area (Å²) in [4.78, 5) is 25.1. The summed E-state index contributed by atoms with van der Waals surface area (Å²) in [5, 5.41) is 11.8. The third-order valence-corrected chi connectivity index (χ3v) is 3.61. The van der Waals surface area contributed by atoms with Crippen LogP contribution in [-0.4, -0.2) is 52.8 Å². The minimum Gasteiger partial charge on any atom is -0.480 e. The van der Waals surface area contributed by atoms with E-state index in [0.29, 0.717) is 19.5 Å². The molecule has 0 aromatic carbocycles. The fourth-order valence-electron chi connectivity index (χ4n) is 2.52. The zero-order valence-electron chi connectivity index (χ0n) is 13.0. The second-order valence-corrected chi connectivity index (χ2v) is 6.22. The zero-order chi connectivity index (χ0) is 15.5. The summed E-state index contributed by atoms with van der Waals surface area (Å²) in [6.07, 6.45) is 0.638. The Bertz CT molecular complexity index is 370. The summed E-state index contributed by atoms with van der Waals surface area (Å²) in [5.74, 6) is -1.10. The van der Waals surface area contributed by atoms with E-state index in [1.165, 1.54) is 0 Å². The van der Waals surface area contributed by atoms with Crippen molar-refractivity contribution in [2.45, 2.75) is 58.8 Å². The fourth-order valence-corrected chi connectivity index (χ4v) is 2.52. The van der Waals surface area contributed by atoms with E-state index in [4.69, 9.17) is 4.74 Å². The highest BCUT2D eigenvalue weighted by Crippen LogP contribution is 2.21. The van der Waals surface area contributed by atoms with E-state index >= 15 is 0 Å². The van der Waals surface area contributed by atoms with E-state index < -0.39 is 17.6 Å². The largest absolute Gasteiger partial charge is 0.480 e. The Morgan fingerprint density at radius 3 is 2.55 bits per heavy atom. The average molecular weight is 286 g/mol. The van der Waals surface area contributed by atoms with Crippen LogP contribution in [0, 0.1) is 5.92 Å². The maximum Gasteiger partial charge on any atom is 0.326 e. The van der Waals surface area contributed by atoms with Gasteiger partial charge in [0.1, 0.15) is 6.04 Å². The van der Waals surface area contributed by atoms with Gasteiger partial charge in [0.15, 0.2) is 0 Å². The molecule has 1 fully saturated rings. The number of aliphatic carboxylic acids is 1. The van der Waals surface area contributed by atoms with Crippen LogP contribution < -0.4 is 5.32 Å². The van der Waals surface area contributed by atoms with Gasteiger partial charge in [0, 0.05) is 6.54 Å². The summed E-state index contributed by atoms with van der Waals surface area (Å²) < 4.78 is 5.74. The van der Waals surface area contributed by atoms with Gasteiger partial charge in [-0.2, -0.15) is 0 Å². The summed E-state index contributed by atoms with van der Waals surface area (Å²) in [5.41, 5.74) is -0.413. The standard InChI is InChI=1S/C14H26N2O4/c1-6-9(2)11(12(17)18)15-13(19)16-7-10(3)20-14(4,5)8-16/h9-11H,6-8H2,1-5H3,(H,15,19)(H,17,18)/t9?,10?,11-/m0/s1. The number of urea groups is 1. The second-order valence-electron chi connectivity index (χ2n) is 6.22. The van der Waals surface area contributed by atoms with Crippen molar-refractivity contribution < 1.29 is 19.4 Å². The van der Waals surface area contributed by atoms with Crippen LogP contribution in [0.1, 0.15) is 41.0 Å². The quantitative estimate of drug-likeness (QED) is 0.824. The monoisotopic (exact) mass is 286 g/mol. The van der Waals surface area contributed by atoms with Gasteiger partial charge in [0.05, 0.1) is 18.2 Å². The fraction of sp³-hybridized carbons (Fsp3) is 0.857. The molecule has 0 saturated carbocycles.